The fourth-order valence-electron chi connectivity index (χ4n) is 3.38. The lowest BCUT2D eigenvalue weighted by Crippen LogP contribution is -2.36. The van der Waals surface area contributed by atoms with Gasteiger partial charge in [-0.25, -0.2) is 0 Å². The summed E-state index contributed by atoms with van der Waals surface area (Å²) in [4.78, 5) is 28.3. The Balaban J connectivity index is 1.60. The van der Waals surface area contributed by atoms with Crippen molar-refractivity contribution in [2.75, 3.05) is 26.7 Å². The van der Waals surface area contributed by atoms with Crippen molar-refractivity contribution < 1.29 is 27.5 Å². The van der Waals surface area contributed by atoms with Crippen LogP contribution in [0.4, 0.5) is 13.2 Å². The lowest BCUT2D eigenvalue weighted by Gasteiger charge is -2.22. The molecule has 2 aromatic carbocycles. The number of carbonyl (C=O) groups excluding carboxylic acids is 2. The number of nitrogens with zero attached hydrogens (tertiary/aromatic N) is 2. The van der Waals surface area contributed by atoms with Crippen molar-refractivity contribution in [1.29, 1.82) is 0 Å². The molecule has 0 unspecified atom stereocenters. The molecule has 3 rings (SSSR count). The molecule has 160 valence electrons. The first-order valence-corrected chi connectivity index (χ1v) is 9.61. The Kier molecular flexibility index (Phi) is 6.64. The van der Waals surface area contributed by atoms with E-state index in [2.05, 4.69) is 0 Å². The lowest BCUT2D eigenvalue weighted by molar-refractivity contribution is -0.138. The van der Waals surface area contributed by atoms with E-state index < -0.39 is 11.7 Å². The van der Waals surface area contributed by atoms with E-state index in [0.29, 0.717) is 25.2 Å². The third kappa shape index (κ3) is 5.52. The third-order valence-electron chi connectivity index (χ3n) is 5.08. The number of amides is 2. The van der Waals surface area contributed by atoms with Gasteiger partial charge < -0.3 is 14.5 Å². The van der Waals surface area contributed by atoms with Crippen molar-refractivity contribution in [2.45, 2.75) is 25.6 Å². The molecule has 1 heterocycles. The zero-order valence-electron chi connectivity index (χ0n) is 16.6. The van der Waals surface area contributed by atoms with Gasteiger partial charge in [0.15, 0.2) is 0 Å². The maximum absolute atomic E-state index is 12.9. The maximum atomic E-state index is 12.9. The number of alkyl halides is 3. The Morgan fingerprint density at radius 2 is 1.77 bits per heavy atom. The Morgan fingerprint density at radius 3 is 2.43 bits per heavy atom. The summed E-state index contributed by atoms with van der Waals surface area (Å²) in [5, 5.41) is 0. The van der Waals surface area contributed by atoms with Crippen LogP contribution >= 0.6 is 0 Å². The van der Waals surface area contributed by atoms with Crippen molar-refractivity contribution in [1.82, 2.24) is 9.80 Å². The molecule has 1 aliphatic heterocycles. The number of carbonyl (C=O) groups is 2. The van der Waals surface area contributed by atoms with E-state index in [1.54, 1.807) is 16.9 Å². The number of ether oxygens (including phenoxy) is 1. The second kappa shape index (κ2) is 9.19. The van der Waals surface area contributed by atoms with Gasteiger partial charge in [0.1, 0.15) is 5.75 Å². The van der Waals surface area contributed by atoms with Crippen LogP contribution < -0.4 is 4.74 Å². The highest BCUT2D eigenvalue weighted by Gasteiger charge is 2.31. The Morgan fingerprint density at radius 1 is 1.03 bits per heavy atom. The largest absolute Gasteiger partial charge is 0.497 e. The van der Waals surface area contributed by atoms with Crippen LogP contribution in [0.3, 0.4) is 0 Å². The van der Waals surface area contributed by atoms with Gasteiger partial charge in [0.25, 0.3) is 0 Å². The Bertz CT molecular complexity index is 897. The summed E-state index contributed by atoms with van der Waals surface area (Å²) in [5.41, 5.74) is 0.484. The van der Waals surface area contributed by atoms with Crippen LogP contribution in [0.15, 0.2) is 48.5 Å². The van der Waals surface area contributed by atoms with E-state index in [-0.39, 0.29) is 31.2 Å². The first-order valence-electron chi connectivity index (χ1n) is 9.61. The Labute approximate surface area is 173 Å². The van der Waals surface area contributed by atoms with Crippen LogP contribution in [-0.4, -0.2) is 48.4 Å². The van der Waals surface area contributed by atoms with Crippen molar-refractivity contribution >= 4 is 11.8 Å². The van der Waals surface area contributed by atoms with Gasteiger partial charge in [0, 0.05) is 32.6 Å². The number of hydrogen-bond donors (Lipinski definition) is 0. The summed E-state index contributed by atoms with van der Waals surface area (Å²) in [5.74, 6) is 0.390. The van der Waals surface area contributed by atoms with Gasteiger partial charge in [-0.05, 0) is 29.3 Å². The highest BCUT2D eigenvalue weighted by atomic mass is 19.4. The molecule has 1 aliphatic rings. The standard InChI is InChI=1S/C22H23F3N2O3/c1-30-19-7-5-16(6-8-19)15-27-12-11-26(10-9-20(27)28)21(29)14-17-3-2-4-18(13-17)22(23,24)25/h2-8,13H,9-12,14-15H2,1H3. The number of benzene rings is 2. The molecule has 0 saturated carbocycles. The van der Waals surface area contributed by atoms with Gasteiger partial charge in [0.05, 0.1) is 19.1 Å². The van der Waals surface area contributed by atoms with Crippen LogP contribution in [0, 0.1) is 0 Å². The van der Waals surface area contributed by atoms with Crippen LogP contribution in [0.5, 0.6) is 5.75 Å². The van der Waals surface area contributed by atoms with E-state index in [1.165, 1.54) is 12.1 Å². The number of hydrogen-bond acceptors (Lipinski definition) is 3. The molecule has 30 heavy (non-hydrogen) atoms. The molecule has 1 fully saturated rings. The minimum absolute atomic E-state index is 0.0554. The number of rotatable bonds is 5. The molecular formula is C22H23F3N2O3. The maximum Gasteiger partial charge on any atom is 0.416 e. The van der Waals surface area contributed by atoms with Gasteiger partial charge >= 0.3 is 6.18 Å². The monoisotopic (exact) mass is 420 g/mol. The highest BCUT2D eigenvalue weighted by molar-refractivity contribution is 5.81. The van der Waals surface area contributed by atoms with Gasteiger partial charge in [-0.15, -0.1) is 0 Å². The van der Waals surface area contributed by atoms with E-state index in [1.807, 2.05) is 24.3 Å². The van der Waals surface area contributed by atoms with Crippen LogP contribution in [0.1, 0.15) is 23.1 Å². The number of methoxy groups -OCH3 is 1. The molecular weight excluding hydrogens is 397 g/mol. The van der Waals surface area contributed by atoms with Crippen molar-refractivity contribution in [2.24, 2.45) is 0 Å². The minimum atomic E-state index is -4.45. The van der Waals surface area contributed by atoms with Gasteiger partial charge in [-0.2, -0.15) is 13.2 Å². The molecule has 2 aromatic rings. The fraction of sp³-hybridized carbons (Fsp3) is 0.364. The molecule has 2 amide bonds. The fourth-order valence-corrected chi connectivity index (χ4v) is 3.38. The SMILES string of the molecule is COc1ccc(CN2CCN(C(=O)Cc3cccc(C(F)(F)F)c3)CCC2=O)cc1. The van der Waals surface area contributed by atoms with E-state index in [9.17, 15) is 22.8 Å². The summed E-state index contributed by atoms with van der Waals surface area (Å²) >= 11 is 0. The molecule has 5 nitrogen and oxygen atoms in total. The molecule has 0 aliphatic carbocycles. The molecule has 1 saturated heterocycles. The molecule has 0 N–H and O–H groups in total. The second-order valence-electron chi connectivity index (χ2n) is 7.17. The van der Waals surface area contributed by atoms with E-state index in [4.69, 9.17) is 4.74 Å². The summed E-state index contributed by atoms with van der Waals surface area (Å²) < 4.78 is 43.8. The van der Waals surface area contributed by atoms with E-state index >= 15 is 0 Å². The lowest BCUT2D eigenvalue weighted by atomic mass is 10.1. The minimum Gasteiger partial charge on any atom is -0.497 e. The average molecular weight is 420 g/mol. The summed E-state index contributed by atoms with van der Waals surface area (Å²) in [7, 11) is 1.58. The third-order valence-corrected chi connectivity index (χ3v) is 5.08. The predicted molar refractivity (Wildman–Crippen MR) is 105 cm³/mol. The zero-order valence-corrected chi connectivity index (χ0v) is 16.6. The second-order valence-corrected chi connectivity index (χ2v) is 7.17. The van der Waals surface area contributed by atoms with Gasteiger partial charge in [-0.1, -0.05) is 30.3 Å². The summed E-state index contributed by atoms with van der Waals surface area (Å²) in [6.45, 7) is 1.41. The normalized spacial score (nSPS) is 15.1. The number of halogens is 3. The summed E-state index contributed by atoms with van der Waals surface area (Å²) in [6.07, 6.45) is -4.39. The topological polar surface area (TPSA) is 49.9 Å². The molecule has 0 bridgehead atoms. The van der Waals surface area contributed by atoms with Crippen LogP contribution in [0.2, 0.25) is 0 Å². The zero-order chi connectivity index (χ0) is 21.7. The first kappa shape index (κ1) is 21.7. The van der Waals surface area contributed by atoms with Crippen molar-refractivity contribution in [3.05, 3.63) is 65.2 Å². The smallest absolute Gasteiger partial charge is 0.416 e. The van der Waals surface area contributed by atoms with Gasteiger partial charge in [-0.3, -0.25) is 9.59 Å². The molecule has 0 radical (unpaired) electrons. The average Bonchev–Trinajstić information content (AvgIpc) is 2.90. The van der Waals surface area contributed by atoms with E-state index in [0.717, 1.165) is 23.4 Å². The molecule has 0 atom stereocenters. The molecule has 0 aromatic heterocycles. The van der Waals surface area contributed by atoms with Crippen LogP contribution in [-0.2, 0) is 28.7 Å². The quantitative estimate of drug-likeness (QED) is 0.744. The van der Waals surface area contributed by atoms with Crippen LogP contribution in [0.25, 0.3) is 0 Å². The van der Waals surface area contributed by atoms with Crippen molar-refractivity contribution in [3.8, 4) is 5.75 Å². The summed E-state index contributed by atoms with van der Waals surface area (Å²) in [6, 6.07) is 12.2. The Hall–Kier alpha value is -3.03. The highest BCUT2D eigenvalue weighted by Crippen LogP contribution is 2.29. The first-order chi connectivity index (χ1) is 14.3. The molecule has 8 heteroatoms. The predicted octanol–water partition coefficient (Wildman–Crippen LogP) is 3.52. The van der Waals surface area contributed by atoms with Gasteiger partial charge in [0.2, 0.25) is 11.8 Å². The molecule has 0 spiro atoms. The van der Waals surface area contributed by atoms with Crippen molar-refractivity contribution in [3.63, 3.8) is 0 Å².